The van der Waals surface area contributed by atoms with Gasteiger partial charge in [-0.15, -0.1) is 0 Å². The summed E-state index contributed by atoms with van der Waals surface area (Å²) in [5.74, 6) is -0.310. The molecule has 2 aromatic heterocycles. The minimum Gasteiger partial charge on any atom is -0.480 e. The largest absolute Gasteiger partial charge is 0.480 e. The number of fused-ring (bicyclic) bond motifs is 1. The summed E-state index contributed by atoms with van der Waals surface area (Å²) in [6.45, 7) is 1.56. The van der Waals surface area contributed by atoms with Gasteiger partial charge in [0.15, 0.2) is 5.65 Å². The number of aliphatic carboxylic acids is 1. The monoisotopic (exact) mass is 251 g/mol. The van der Waals surface area contributed by atoms with Crippen molar-refractivity contribution in [1.82, 2.24) is 19.7 Å². The Hall–Kier alpha value is -2.22. The molecule has 1 atom stereocenters. The highest BCUT2D eigenvalue weighted by Gasteiger charge is 2.15. The summed E-state index contributed by atoms with van der Waals surface area (Å²) in [5.41, 5.74) is 5.99. The molecule has 18 heavy (non-hydrogen) atoms. The lowest BCUT2D eigenvalue weighted by Gasteiger charge is -2.09. The Labute approximate surface area is 102 Å². The topological polar surface area (TPSA) is 116 Å². The molecule has 0 spiro atoms. The molecule has 96 valence electrons. The van der Waals surface area contributed by atoms with E-state index in [9.17, 15) is 4.79 Å². The van der Waals surface area contributed by atoms with E-state index in [0.717, 1.165) is 0 Å². The molecule has 0 bridgehead atoms. The number of carbonyl (C=O) groups is 1. The molecular formula is C10H13N5O3. The van der Waals surface area contributed by atoms with Gasteiger partial charge in [0.2, 0.25) is 5.88 Å². The van der Waals surface area contributed by atoms with Gasteiger partial charge in [-0.05, 0) is 6.92 Å². The van der Waals surface area contributed by atoms with E-state index in [2.05, 4.69) is 15.1 Å². The Balaban J connectivity index is 2.30. The minimum atomic E-state index is -1.12. The number of nitrogens with two attached hydrogens (primary N) is 1. The molecule has 2 heterocycles. The van der Waals surface area contributed by atoms with Gasteiger partial charge in [0.05, 0.1) is 6.20 Å². The minimum absolute atomic E-state index is 0.157. The third-order valence-corrected chi connectivity index (χ3v) is 2.39. The lowest BCUT2D eigenvalue weighted by atomic mass is 10.3. The standard InChI is InChI=1S/C10H13N5O3/c1-5-13-8-6(3-12-15(8)2)9(14-5)18-4-7(11)10(16)17/h3,7H,4,11H2,1-2H3,(H,16,17). The normalized spacial score (nSPS) is 12.6. The summed E-state index contributed by atoms with van der Waals surface area (Å²) in [6, 6.07) is -1.09. The van der Waals surface area contributed by atoms with Crippen LogP contribution in [-0.4, -0.2) is 43.5 Å². The predicted molar refractivity (Wildman–Crippen MR) is 62.1 cm³/mol. The van der Waals surface area contributed by atoms with Crippen LogP contribution in [0.15, 0.2) is 6.20 Å². The van der Waals surface area contributed by atoms with Crippen molar-refractivity contribution < 1.29 is 14.6 Å². The van der Waals surface area contributed by atoms with Gasteiger partial charge in [-0.3, -0.25) is 9.48 Å². The fraction of sp³-hybridized carbons (Fsp3) is 0.400. The fourth-order valence-corrected chi connectivity index (χ4v) is 1.45. The highest BCUT2D eigenvalue weighted by atomic mass is 16.5. The van der Waals surface area contributed by atoms with Crippen LogP contribution in [0.4, 0.5) is 0 Å². The zero-order valence-corrected chi connectivity index (χ0v) is 9.99. The van der Waals surface area contributed by atoms with Crippen molar-refractivity contribution >= 4 is 17.0 Å². The molecule has 0 saturated heterocycles. The molecule has 1 unspecified atom stereocenters. The molecule has 0 saturated carbocycles. The molecule has 0 aliphatic carbocycles. The number of carboxylic acid groups (broad SMARTS) is 1. The summed E-state index contributed by atoms with van der Waals surface area (Å²) >= 11 is 0. The number of rotatable bonds is 4. The lowest BCUT2D eigenvalue weighted by molar-refractivity contribution is -0.139. The quantitative estimate of drug-likeness (QED) is 0.749. The third kappa shape index (κ3) is 2.23. The number of carboxylic acids is 1. The Morgan fingerprint density at radius 1 is 1.61 bits per heavy atom. The zero-order valence-electron chi connectivity index (χ0n) is 9.99. The third-order valence-electron chi connectivity index (χ3n) is 2.39. The number of nitrogens with zero attached hydrogens (tertiary/aromatic N) is 4. The Morgan fingerprint density at radius 2 is 2.33 bits per heavy atom. The van der Waals surface area contributed by atoms with E-state index < -0.39 is 12.0 Å². The van der Waals surface area contributed by atoms with Crippen molar-refractivity contribution in [1.29, 1.82) is 0 Å². The molecule has 0 aromatic carbocycles. The van der Waals surface area contributed by atoms with Crippen molar-refractivity contribution in [3.05, 3.63) is 12.0 Å². The Kier molecular flexibility index (Phi) is 3.11. The molecule has 3 N–H and O–H groups in total. The Bertz CT molecular complexity index is 594. The van der Waals surface area contributed by atoms with Crippen LogP contribution in [0.2, 0.25) is 0 Å². The number of hydrogen-bond acceptors (Lipinski definition) is 6. The number of ether oxygens (including phenoxy) is 1. The number of hydrogen-bond donors (Lipinski definition) is 2. The van der Waals surface area contributed by atoms with Crippen LogP contribution in [0.25, 0.3) is 11.0 Å². The van der Waals surface area contributed by atoms with E-state index in [1.165, 1.54) is 0 Å². The van der Waals surface area contributed by atoms with Gasteiger partial charge in [-0.1, -0.05) is 0 Å². The van der Waals surface area contributed by atoms with Crippen molar-refractivity contribution in [2.24, 2.45) is 12.8 Å². The summed E-state index contributed by atoms with van der Waals surface area (Å²) in [6.07, 6.45) is 1.57. The van der Waals surface area contributed by atoms with E-state index in [0.29, 0.717) is 22.7 Å². The molecule has 8 nitrogen and oxygen atoms in total. The second-order valence-electron chi connectivity index (χ2n) is 3.84. The molecule has 0 aliphatic heterocycles. The first kappa shape index (κ1) is 12.2. The van der Waals surface area contributed by atoms with Crippen LogP contribution < -0.4 is 10.5 Å². The number of aryl methyl sites for hydroxylation is 2. The number of aromatic nitrogens is 4. The average Bonchev–Trinajstić information content (AvgIpc) is 2.67. The van der Waals surface area contributed by atoms with E-state index in [1.807, 2.05) is 0 Å². The first-order chi connectivity index (χ1) is 8.49. The second-order valence-corrected chi connectivity index (χ2v) is 3.84. The second kappa shape index (κ2) is 4.57. The molecule has 2 rings (SSSR count). The van der Waals surface area contributed by atoms with Crippen molar-refractivity contribution in [2.75, 3.05) is 6.61 Å². The molecule has 0 amide bonds. The van der Waals surface area contributed by atoms with E-state index in [-0.39, 0.29) is 6.61 Å². The SMILES string of the molecule is Cc1nc(OCC(N)C(=O)O)c2cnn(C)c2n1. The van der Waals surface area contributed by atoms with Gasteiger partial charge in [-0.2, -0.15) is 10.1 Å². The van der Waals surface area contributed by atoms with Crippen LogP contribution in [0.3, 0.4) is 0 Å². The first-order valence-corrected chi connectivity index (χ1v) is 5.26. The van der Waals surface area contributed by atoms with Crippen LogP contribution >= 0.6 is 0 Å². The van der Waals surface area contributed by atoms with Crippen LogP contribution in [-0.2, 0) is 11.8 Å². The molecule has 2 aromatic rings. The van der Waals surface area contributed by atoms with Crippen molar-refractivity contribution in [3.8, 4) is 5.88 Å². The predicted octanol–water partition coefficient (Wildman–Crippen LogP) is -0.538. The maximum absolute atomic E-state index is 10.6. The lowest BCUT2D eigenvalue weighted by Crippen LogP contribution is -2.36. The molecule has 0 aliphatic rings. The van der Waals surface area contributed by atoms with Crippen molar-refractivity contribution in [3.63, 3.8) is 0 Å². The Morgan fingerprint density at radius 3 is 3.00 bits per heavy atom. The summed E-state index contributed by atoms with van der Waals surface area (Å²) < 4.78 is 6.92. The van der Waals surface area contributed by atoms with Crippen molar-refractivity contribution in [2.45, 2.75) is 13.0 Å². The highest BCUT2D eigenvalue weighted by Crippen LogP contribution is 2.21. The van der Waals surface area contributed by atoms with Crippen LogP contribution in [0.1, 0.15) is 5.82 Å². The van der Waals surface area contributed by atoms with Gasteiger partial charge in [0.1, 0.15) is 23.9 Å². The maximum Gasteiger partial charge on any atom is 0.324 e. The van der Waals surface area contributed by atoms with Gasteiger partial charge in [0, 0.05) is 7.05 Å². The molecule has 0 radical (unpaired) electrons. The van der Waals surface area contributed by atoms with Gasteiger partial charge >= 0.3 is 5.97 Å². The zero-order chi connectivity index (χ0) is 13.3. The summed E-state index contributed by atoms with van der Waals surface area (Å²) in [4.78, 5) is 18.9. The molecule has 8 heteroatoms. The average molecular weight is 251 g/mol. The molecule has 0 fully saturated rings. The van der Waals surface area contributed by atoms with Crippen LogP contribution in [0, 0.1) is 6.92 Å². The first-order valence-electron chi connectivity index (χ1n) is 5.26. The van der Waals surface area contributed by atoms with E-state index in [1.54, 1.807) is 24.9 Å². The van der Waals surface area contributed by atoms with Gasteiger partial charge in [0.25, 0.3) is 0 Å². The van der Waals surface area contributed by atoms with E-state index in [4.69, 9.17) is 15.6 Å². The van der Waals surface area contributed by atoms with Gasteiger partial charge < -0.3 is 15.6 Å². The summed E-state index contributed by atoms with van der Waals surface area (Å²) in [7, 11) is 1.75. The fourth-order valence-electron chi connectivity index (χ4n) is 1.45. The van der Waals surface area contributed by atoms with Gasteiger partial charge in [-0.25, -0.2) is 4.98 Å². The molecular weight excluding hydrogens is 238 g/mol. The summed E-state index contributed by atoms with van der Waals surface area (Å²) in [5, 5.41) is 13.3. The maximum atomic E-state index is 10.6. The highest BCUT2D eigenvalue weighted by molar-refractivity contribution is 5.80. The smallest absolute Gasteiger partial charge is 0.324 e. The van der Waals surface area contributed by atoms with E-state index >= 15 is 0 Å². The van der Waals surface area contributed by atoms with Crippen LogP contribution in [0.5, 0.6) is 5.88 Å².